The Morgan fingerprint density at radius 2 is 1.69 bits per heavy atom. The summed E-state index contributed by atoms with van der Waals surface area (Å²) in [6.45, 7) is 5.87. The lowest BCUT2D eigenvalue weighted by atomic mass is 9.96. The Hall–Kier alpha value is -0.900. The average Bonchev–Trinajstić information content (AvgIpc) is 2.26. The van der Waals surface area contributed by atoms with Crippen molar-refractivity contribution in [3.63, 3.8) is 0 Å². The minimum absolute atomic E-state index is 0.0128. The molecule has 3 nitrogen and oxygen atoms in total. The summed E-state index contributed by atoms with van der Waals surface area (Å²) in [5, 5.41) is 13.0. The standard InChI is InChI=1S/C13H22N2O/c1-9(2)15-13(12(14)10(3)16)11-7-5-4-6-8-11/h4-10,12-13,15-16H,14H2,1-3H3/t10-,12-,13?/m1/s1. The molecule has 0 radical (unpaired) electrons. The van der Waals surface area contributed by atoms with Gasteiger partial charge in [0.1, 0.15) is 0 Å². The van der Waals surface area contributed by atoms with Crippen LogP contribution in [0.2, 0.25) is 0 Å². The molecule has 0 fully saturated rings. The van der Waals surface area contributed by atoms with E-state index in [1.807, 2.05) is 30.3 Å². The molecule has 0 aliphatic rings. The van der Waals surface area contributed by atoms with Crippen LogP contribution in [0.4, 0.5) is 0 Å². The SMILES string of the molecule is CC(C)NC(c1ccccc1)[C@H](N)[C@@H](C)O. The first kappa shape index (κ1) is 13.2. The number of rotatable bonds is 5. The molecule has 3 heteroatoms. The van der Waals surface area contributed by atoms with Crippen LogP contribution < -0.4 is 11.1 Å². The third kappa shape index (κ3) is 3.59. The molecule has 4 N–H and O–H groups in total. The van der Waals surface area contributed by atoms with Gasteiger partial charge in [0.25, 0.3) is 0 Å². The van der Waals surface area contributed by atoms with Crippen molar-refractivity contribution < 1.29 is 5.11 Å². The van der Waals surface area contributed by atoms with E-state index in [0.29, 0.717) is 6.04 Å². The summed E-state index contributed by atoms with van der Waals surface area (Å²) in [7, 11) is 0. The van der Waals surface area contributed by atoms with E-state index in [-0.39, 0.29) is 12.1 Å². The molecule has 16 heavy (non-hydrogen) atoms. The van der Waals surface area contributed by atoms with E-state index in [2.05, 4.69) is 19.2 Å². The van der Waals surface area contributed by atoms with Gasteiger partial charge in [0.2, 0.25) is 0 Å². The molecule has 1 aromatic rings. The van der Waals surface area contributed by atoms with Crippen molar-refractivity contribution >= 4 is 0 Å². The van der Waals surface area contributed by atoms with E-state index in [9.17, 15) is 5.11 Å². The van der Waals surface area contributed by atoms with Crippen molar-refractivity contribution in [3.8, 4) is 0 Å². The fourth-order valence-electron chi connectivity index (χ4n) is 1.73. The molecular weight excluding hydrogens is 200 g/mol. The first-order valence-corrected chi connectivity index (χ1v) is 5.77. The summed E-state index contributed by atoms with van der Waals surface area (Å²) >= 11 is 0. The van der Waals surface area contributed by atoms with Gasteiger partial charge >= 0.3 is 0 Å². The van der Waals surface area contributed by atoms with Crippen molar-refractivity contribution in [3.05, 3.63) is 35.9 Å². The largest absolute Gasteiger partial charge is 0.392 e. The monoisotopic (exact) mass is 222 g/mol. The Kier molecular flexibility index (Phi) is 4.93. The van der Waals surface area contributed by atoms with Crippen molar-refractivity contribution in [1.29, 1.82) is 0 Å². The predicted octanol–water partition coefficient (Wildman–Crippen LogP) is 1.43. The van der Waals surface area contributed by atoms with Gasteiger partial charge in [0.05, 0.1) is 12.1 Å². The van der Waals surface area contributed by atoms with Crippen LogP contribution in [0.25, 0.3) is 0 Å². The fourth-order valence-corrected chi connectivity index (χ4v) is 1.73. The van der Waals surface area contributed by atoms with Crippen LogP contribution in [0.5, 0.6) is 0 Å². The summed E-state index contributed by atoms with van der Waals surface area (Å²) in [6, 6.07) is 10.0. The van der Waals surface area contributed by atoms with Gasteiger partial charge < -0.3 is 16.2 Å². The maximum absolute atomic E-state index is 9.60. The Morgan fingerprint density at radius 1 is 1.12 bits per heavy atom. The third-order valence-corrected chi connectivity index (χ3v) is 2.61. The van der Waals surface area contributed by atoms with Gasteiger partial charge in [-0.25, -0.2) is 0 Å². The molecule has 90 valence electrons. The van der Waals surface area contributed by atoms with Gasteiger partial charge in [0, 0.05) is 12.1 Å². The molecule has 0 spiro atoms. The van der Waals surface area contributed by atoms with Crippen molar-refractivity contribution in [1.82, 2.24) is 5.32 Å². The minimum Gasteiger partial charge on any atom is -0.392 e. The van der Waals surface area contributed by atoms with Crippen LogP contribution >= 0.6 is 0 Å². The predicted molar refractivity (Wildman–Crippen MR) is 67.1 cm³/mol. The zero-order valence-electron chi connectivity index (χ0n) is 10.2. The van der Waals surface area contributed by atoms with Crippen LogP contribution in [-0.4, -0.2) is 23.3 Å². The highest BCUT2D eigenvalue weighted by atomic mass is 16.3. The second-order valence-electron chi connectivity index (χ2n) is 4.53. The molecule has 0 saturated carbocycles. The quantitative estimate of drug-likeness (QED) is 0.706. The normalized spacial score (nSPS) is 17.1. The summed E-state index contributed by atoms with van der Waals surface area (Å²) in [4.78, 5) is 0. The molecule has 0 bridgehead atoms. The molecule has 3 atom stereocenters. The molecule has 1 aromatic carbocycles. The molecule has 0 amide bonds. The van der Waals surface area contributed by atoms with Crippen LogP contribution in [0.15, 0.2) is 30.3 Å². The number of aliphatic hydroxyl groups is 1. The fraction of sp³-hybridized carbons (Fsp3) is 0.538. The van der Waals surface area contributed by atoms with Gasteiger partial charge in [-0.2, -0.15) is 0 Å². The van der Waals surface area contributed by atoms with E-state index in [1.165, 1.54) is 0 Å². The molecule has 1 rings (SSSR count). The highest BCUT2D eigenvalue weighted by molar-refractivity contribution is 5.21. The van der Waals surface area contributed by atoms with Gasteiger partial charge in [-0.15, -0.1) is 0 Å². The number of nitrogens with two attached hydrogens (primary N) is 1. The van der Waals surface area contributed by atoms with E-state index in [4.69, 9.17) is 5.73 Å². The molecule has 1 unspecified atom stereocenters. The summed E-state index contributed by atoms with van der Waals surface area (Å²) in [5.74, 6) is 0. The van der Waals surface area contributed by atoms with E-state index < -0.39 is 6.10 Å². The lowest BCUT2D eigenvalue weighted by Gasteiger charge is -2.29. The number of nitrogens with one attached hydrogen (secondary N) is 1. The molecule has 0 heterocycles. The maximum atomic E-state index is 9.60. The second-order valence-corrected chi connectivity index (χ2v) is 4.53. The third-order valence-electron chi connectivity index (χ3n) is 2.61. The Balaban J connectivity index is 2.87. The lowest BCUT2D eigenvalue weighted by molar-refractivity contribution is 0.140. The smallest absolute Gasteiger partial charge is 0.0681 e. The van der Waals surface area contributed by atoms with Gasteiger partial charge in [0.15, 0.2) is 0 Å². The molecule has 0 aliphatic heterocycles. The molecular formula is C13H22N2O. The molecule has 0 aromatic heterocycles. The molecule has 0 aliphatic carbocycles. The minimum atomic E-state index is -0.531. The van der Waals surface area contributed by atoms with Crippen molar-refractivity contribution in [2.45, 2.75) is 45.0 Å². The zero-order chi connectivity index (χ0) is 12.1. The van der Waals surface area contributed by atoms with Gasteiger partial charge in [-0.3, -0.25) is 0 Å². The van der Waals surface area contributed by atoms with Crippen molar-refractivity contribution in [2.24, 2.45) is 5.73 Å². The first-order valence-electron chi connectivity index (χ1n) is 5.77. The Labute approximate surface area is 97.7 Å². The van der Waals surface area contributed by atoms with Crippen LogP contribution in [-0.2, 0) is 0 Å². The van der Waals surface area contributed by atoms with Gasteiger partial charge in [-0.05, 0) is 12.5 Å². The van der Waals surface area contributed by atoms with E-state index >= 15 is 0 Å². The van der Waals surface area contributed by atoms with Gasteiger partial charge in [-0.1, -0.05) is 44.2 Å². The van der Waals surface area contributed by atoms with Crippen molar-refractivity contribution in [2.75, 3.05) is 0 Å². The van der Waals surface area contributed by atoms with E-state index in [1.54, 1.807) is 6.92 Å². The number of hydrogen-bond acceptors (Lipinski definition) is 3. The number of hydrogen-bond donors (Lipinski definition) is 3. The second kappa shape index (κ2) is 5.99. The topological polar surface area (TPSA) is 58.3 Å². The van der Waals surface area contributed by atoms with Crippen LogP contribution in [0.1, 0.15) is 32.4 Å². The van der Waals surface area contributed by atoms with Crippen LogP contribution in [0, 0.1) is 0 Å². The molecule has 0 saturated heterocycles. The highest BCUT2D eigenvalue weighted by Crippen LogP contribution is 2.18. The average molecular weight is 222 g/mol. The van der Waals surface area contributed by atoms with E-state index in [0.717, 1.165) is 5.56 Å². The zero-order valence-corrected chi connectivity index (χ0v) is 10.2. The number of benzene rings is 1. The first-order chi connectivity index (χ1) is 7.52. The lowest BCUT2D eigenvalue weighted by Crippen LogP contribution is -2.46. The number of aliphatic hydroxyl groups excluding tert-OH is 1. The Morgan fingerprint density at radius 3 is 2.12 bits per heavy atom. The highest BCUT2D eigenvalue weighted by Gasteiger charge is 2.23. The maximum Gasteiger partial charge on any atom is 0.0681 e. The Bertz CT molecular complexity index is 298. The van der Waals surface area contributed by atoms with Crippen LogP contribution in [0.3, 0.4) is 0 Å². The summed E-state index contributed by atoms with van der Waals surface area (Å²) in [6.07, 6.45) is -0.531. The summed E-state index contributed by atoms with van der Waals surface area (Å²) < 4.78 is 0. The summed E-state index contributed by atoms with van der Waals surface area (Å²) in [5.41, 5.74) is 7.14.